The highest BCUT2D eigenvalue weighted by Crippen LogP contribution is 2.35. The number of piperidine rings is 1. The second-order valence-corrected chi connectivity index (χ2v) is 5.77. The van der Waals surface area contributed by atoms with Gasteiger partial charge in [0.15, 0.2) is 0 Å². The largest absolute Gasteiger partial charge is 0.481 e. The monoisotopic (exact) mass is 268 g/mol. The smallest absolute Gasteiger partial charge is 0.317 e. The molecule has 19 heavy (non-hydrogen) atoms. The number of nitrogens with one attached hydrogen (secondary N) is 1. The summed E-state index contributed by atoms with van der Waals surface area (Å²) in [5.74, 6) is 0.703. The lowest BCUT2D eigenvalue weighted by Crippen LogP contribution is -2.48. The van der Waals surface area contributed by atoms with Gasteiger partial charge >= 0.3 is 12.0 Å². The molecule has 2 amide bonds. The van der Waals surface area contributed by atoms with Crippen LogP contribution in [0.1, 0.15) is 44.9 Å². The summed E-state index contributed by atoms with van der Waals surface area (Å²) in [7, 11) is 0. The molecule has 0 spiro atoms. The summed E-state index contributed by atoms with van der Waals surface area (Å²) in [5.41, 5.74) is 0. The fraction of sp³-hybridized carbons (Fsp3) is 0.857. The topological polar surface area (TPSA) is 69.6 Å². The van der Waals surface area contributed by atoms with Crippen molar-refractivity contribution in [3.8, 4) is 0 Å². The fourth-order valence-corrected chi connectivity index (χ4v) is 3.33. The molecule has 2 aliphatic rings. The number of carboxylic acid groups (broad SMARTS) is 1. The molecule has 1 heterocycles. The van der Waals surface area contributed by atoms with Gasteiger partial charge in [-0.25, -0.2) is 4.79 Å². The van der Waals surface area contributed by atoms with Gasteiger partial charge < -0.3 is 15.3 Å². The molecule has 1 aliphatic heterocycles. The maximum atomic E-state index is 12.0. The number of aliphatic carboxylic acids is 1. The maximum Gasteiger partial charge on any atom is 0.317 e. The number of carbonyl (C=O) groups excluding carboxylic acids is 1. The lowest BCUT2D eigenvalue weighted by atomic mass is 9.75. The summed E-state index contributed by atoms with van der Waals surface area (Å²) >= 11 is 0. The Morgan fingerprint density at radius 2 is 1.89 bits per heavy atom. The van der Waals surface area contributed by atoms with Gasteiger partial charge in [-0.2, -0.15) is 0 Å². The molecule has 2 atom stereocenters. The van der Waals surface area contributed by atoms with E-state index < -0.39 is 5.97 Å². The first-order chi connectivity index (χ1) is 9.16. The molecular formula is C14H24N2O3. The van der Waals surface area contributed by atoms with Crippen LogP contribution in [0.15, 0.2) is 0 Å². The molecule has 0 aromatic carbocycles. The zero-order valence-corrected chi connectivity index (χ0v) is 11.4. The zero-order valence-electron chi connectivity index (χ0n) is 11.4. The predicted molar refractivity (Wildman–Crippen MR) is 71.9 cm³/mol. The third kappa shape index (κ3) is 4.11. The zero-order chi connectivity index (χ0) is 13.7. The van der Waals surface area contributed by atoms with Crippen molar-refractivity contribution in [1.82, 2.24) is 10.2 Å². The number of hydrogen-bond donors (Lipinski definition) is 2. The van der Waals surface area contributed by atoms with E-state index in [-0.39, 0.29) is 12.5 Å². The van der Waals surface area contributed by atoms with Crippen molar-refractivity contribution in [2.24, 2.45) is 11.8 Å². The number of carbonyl (C=O) groups is 2. The minimum absolute atomic E-state index is 0.0191. The van der Waals surface area contributed by atoms with Crippen molar-refractivity contribution in [1.29, 1.82) is 0 Å². The van der Waals surface area contributed by atoms with E-state index >= 15 is 0 Å². The molecule has 2 fully saturated rings. The van der Waals surface area contributed by atoms with Crippen LogP contribution < -0.4 is 5.32 Å². The molecular weight excluding hydrogens is 244 g/mol. The Kier molecular flexibility index (Phi) is 5.05. The molecule has 0 aromatic rings. The number of likely N-dealkylation sites (tertiary alicyclic amines) is 1. The number of urea groups is 1. The Balaban J connectivity index is 1.69. The van der Waals surface area contributed by atoms with Gasteiger partial charge in [0.05, 0.1) is 0 Å². The summed E-state index contributed by atoms with van der Waals surface area (Å²) in [6, 6.07) is -0.0191. The molecule has 1 saturated heterocycles. The first kappa shape index (κ1) is 14.2. The minimum atomic E-state index is -0.808. The van der Waals surface area contributed by atoms with Crippen LogP contribution in [0.5, 0.6) is 0 Å². The van der Waals surface area contributed by atoms with Gasteiger partial charge in [-0.05, 0) is 31.1 Å². The summed E-state index contributed by atoms with van der Waals surface area (Å²) in [6.07, 6.45) is 6.99. The third-order valence-electron chi connectivity index (χ3n) is 4.42. The molecule has 108 valence electrons. The minimum Gasteiger partial charge on any atom is -0.481 e. The van der Waals surface area contributed by atoms with Crippen molar-refractivity contribution in [2.75, 3.05) is 19.6 Å². The number of amides is 2. The van der Waals surface area contributed by atoms with Gasteiger partial charge in [0.25, 0.3) is 0 Å². The van der Waals surface area contributed by atoms with Gasteiger partial charge in [0.1, 0.15) is 0 Å². The Hall–Kier alpha value is -1.26. The first-order valence-corrected chi connectivity index (χ1v) is 7.41. The molecule has 2 rings (SSSR count). The highest BCUT2D eigenvalue weighted by Gasteiger charge is 2.32. The van der Waals surface area contributed by atoms with Gasteiger partial charge in [0, 0.05) is 26.1 Å². The summed E-state index contributed by atoms with van der Waals surface area (Å²) in [6.45, 7) is 2.19. The second-order valence-electron chi connectivity index (χ2n) is 5.77. The molecule has 0 aromatic heterocycles. The maximum absolute atomic E-state index is 12.0. The van der Waals surface area contributed by atoms with E-state index in [0.29, 0.717) is 18.9 Å². The first-order valence-electron chi connectivity index (χ1n) is 7.41. The van der Waals surface area contributed by atoms with Gasteiger partial charge in [-0.15, -0.1) is 0 Å². The Morgan fingerprint density at radius 1 is 1.16 bits per heavy atom. The molecule has 2 N–H and O–H groups in total. The van der Waals surface area contributed by atoms with Crippen molar-refractivity contribution in [3.05, 3.63) is 0 Å². The highest BCUT2D eigenvalue weighted by atomic mass is 16.4. The molecule has 0 radical (unpaired) electrons. The van der Waals surface area contributed by atoms with Crippen molar-refractivity contribution >= 4 is 12.0 Å². The van der Waals surface area contributed by atoms with E-state index in [4.69, 9.17) is 5.11 Å². The van der Waals surface area contributed by atoms with Crippen molar-refractivity contribution in [2.45, 2.75) is 44.9 Å². The van der Waals surface area contributed by atoms with Gasteiger partial charge in [0.2, 0.25) is 0 Å². The summed E-state index contributed by atoms with van der Waals surface area (Å²) in [5, 5.41) is 11.4. The summed E-state index contributed by atoms with van der Waals surface area (Å²) < 4.78 is 0. The Morgan fingerprint density at radius 3 is 2.63 bits per heavy atom. The molecule has 2 unspecified atom stereocenters. The predicted octanol–water partition coefficient (Wildman–Crippen LogP) is 2.07. The molecule has 1 saturated carbocycles. The highest BCUT2D eigenvalue weighted by molar-refractivity contribution is 5.74. The van der Waals surface area contributed by atoms with Crippen LogP contribution >= 0.6 is 0 Å². The third-order valence-corrected chi connectivity index (χ3v) is 4.42. The van der Waals surface area contributed by atoms with Crippen LogP contribution in [0.2, 0.25) is 0 Å². The molecule has 5 nitrogen and oxygen atoms in total. The SMILES string of the molecule is O=C(O)CCCNC(=O)N1CCC2CCCCC2C1. The van der Waals surface area contributed by atoms with Crippen LogP contribution in [0.3, 0.4) is 0 Å². The Labute approximate surface area is 114 Å². The number of hydrogen-bond acceptors (Lipinski definition) is 2. The van der Waals surface area contributed by atoms with Crippen molar-refractivity contribution in [3.63, 3.8) is 0 Å². The lowest BCUT2D eigenvalue weighted by Gasteiger charge is -2.41. The standard InChI is InChI=1S/C14H24N2O3/c17-13(18)6-3-8-15-14(19)16-9-7-11-4-1-2-5-12(11)10-16/h11-12H,1-10H2,(H,15,19)(H,17,18). The summed E-state index contributed by atoms with van der Waals surface area (Å²) in [4.78, 5) is 24.3. The lowest BCUT2D eigenvalue weighted by molar-refractivity contribution is -0.137. The van der Waals surface area contributed by atoms with E-state index in [9.17, 15) is 9.59 Å². The van der Waals surface area contributed by atoms with Gasteiger partial charge in [-0.1, -0.05) is 19.3 Å². The number of fused-ring (bicyclic) bond motifs is 1. The number of nitrogens with zero attached hydrogens (tertiary/aromatic N) is 1. The Bertz CT molecular complexity index is 333. The van der Waals surface area contributed by atoms with E-state index in [1.54, 1.807) is 0 Å². The second kappa shape index (κ2) is 6.78. The fourth-order valence-electron chi connectivity index (χ4n) is 3.33. The van der Waals surface area contributed by atoms with E-state index in [2.05, 4.69) is 5.32 Å². The molecule has 0 bridgehead atoms. The molecule has 5 heteroatoms. The molecule has 1 aliphatic carbocycles. The van der Waals surface area contributed by atoms with Crippen LogP contribution in [0, 0.1) is 11.8 Å². The average molecular weight is 268 g/mol. The van der Waals surface area contributed by atoms with Crippen LogP contribution in [0.25, 0.3) is 0 Å². The number of rotatable bonds is 4. The number of carboxylic acids is 1. The van der Waals surface area contributed by atoms with Crippen LogP contribution in [-0.2, 0) is 4.79 Å². The van der Waals surface area contributed by atoms with Crippen LogP contribution in [0.4, 0.5) is 4.79 Å². The van der Waals surface area contributed by atoms with Gasteiger partial charge in [-0.3, -0.25) is 4.79 Å². The quantitative estimate of drug-likeness (QED) is 0.767. The van der Waals surface area contributed by atoms with E-state index in [1.165, 1.54) is 25.7 Å². The van der Waals surface area contributed by atoms with E-state index in [0.717, 1.165) is 25.4 Å². The van der Waals surface area contributed by atoms with Crippen molar-refractivity contribution < 1.29 is 14.7 Å². The normalized spacial score (nSPS) is 26.6. The van der Waals surface area contributed by atoms with E-state index in [1.807, 2.05) is 4.90 Å². The average Bonchev–Trinajstić information content (AvgIpc) is 2.42. The van der Waals surface area contributed by atoms with Crippen LogP contribution in [-0.4, -0.2) is 41.6 Å².